The van der Waals surface area contributed by atoms with Crippen molar-refractivity contribution in [3.8, 4) is 5.75 Å². The standard InChI is InChI=1S/C23H25BrF3NO4/c1-4-28-20-10-6-16(23(25,26)27)11-15(20)13-21(29)18(22(30)32-3)8-5-14-12-17(31-2)7-9-19(14)24/h6-7,9-12,18,28H,4-5,8,13H2,1-3H3. The Morgan fingerprint density at radius 2 is 1.81 bits per heavy atom. The summed E-state index contributed by atoms with van der Waals surface area (Å²) in [5.74, 6) is -1.70. The number of hydrogen-bond acceptors (Lipinski definition) is 5. The number of rotatable bonds is 10. The molecule has 174 valence electrons. The highest BCUT2D eigenvalue weighted by Crippen LogP contribution is 2.33. The van der Waals surface area contributed by atoms with E-state index in [1.54, 1.807) is 25.1 Å². The lowest BCUT2D eigenvalue weighted by atomic mass is 9.91. The monoisotopic (exact) mass is 515 g/mol. The Hall–Kier alpha value is -2.55. The van der Waals surface area contributed by atoms with E-state index in [1.165, 1.54) is 20.3 Å². The normalized spacial score (nSPS) is 12.2. The van der Waals surface area contributed by atoms with E-state index in [0.717, 1.165) is 22.2 Å². The van der Waals surface area contributed by atoms with Crippen molar-refractivity contribution in [1.29, 1.82) is 0 Å². The Morgan fingerprint density at radius 3 is 2.41 bits per heavy atom. The number of methoxy groups -OCH3 is 2. The second-order valence-corrected chi connectivity index (χ2v) is 7.97. The molecule has 0 aliphatic heterocycles. The fourth-order valence-electron chi connectivity index (χ4n) is 3.31. The van der Waals surface area contributed by atoms with Crippen molar-refractivity contribution >= 4 is 33.4 Å². The van der Waals surface area contributed by atoms with Gasteiger partial charge in [-0.15, -0.1) is 0 Å². The van der Waals surface area contributed by atoms with Gasteiger partial charge in [-0.3, -0.25) is 9.59 Å². The molecule has 0 aromatic heterocycles. The molecule has 0 aliphatic rings. The van der Waals surface area contributed by atoms with E-state index < -0.39 is 29.4 Å². The molecule has 5 nitrogen and oxygen atoms in total. The summed E-state index contributed by atoms with van der Waals surface area (Å²) in [6, 6.07) is 8.57. The number of aryl methyl sites for hydroxylation is 1. The summed E-state index contributed by atoms with van der Waals surface area (Å²) >= 11 is 3.44. The third-order valence-electron chi connectivity index (χ3n) is 4.99. The zero-order chi connectivity index (χ0) is 23.9. The summed E-state index contributed by atoms with van der Waals surface area (Å²) in [6.45, 7) is 2.27. The summed E-state index contributed by atoms with van der Waals surface area (Å²) in [4.78, 5) is 25.3. The molecule has 1 N–H and O–H groups in total. The van der Waals surface area contributed by atoms with Gasteiger partial charge in [0.1, 0.15) is 11.7 Å². The van der Waals surface area contributed by atoms with E-state index in [1.807, 2.05) is 0 Å². The first-order valence-electron chi connectivity index (χ1n) is 9.97. The molecule has 2 aromatic rings. The third-order valence-corrected chi connectivity index (χ3v) is 5.77. The molecule has 0 spiro atoms. The van der Waals surface area contributed by atoms with Gasteiger partial charge in [-0.25, -0.2) is 0 Å². The minimum absolute atomic E-state index is 0.146. The lowest BCUT2D eigenvalue weighted by molar-refractivity contribution is -0.149. The quantitative estimate of drug-likeness (QED) is 0.337. The molecule has 9 heteroatoms. The second-order valence-electron chi connectivity index (χ2n) is 7.11. The highest BCUT2D eigenvalue weighted by Gasteiger charge is 2.32. The molecule has 1 atom stereocenters. The van der Waals surface area contributed by atoms with Crippen molar-refractivity contribution in [3.05, 3.63) is 57.6 Å². The number of nitrogens with one attached hydrogen (secondary N) is 1. The first kappa shape index (κ1) is 25.7. The van der Waals surface area contributed by atoms with Gasteiger partial charge in [-0.05, 0) is 67.3 Å². The summed E-state index contributed by atoms with van der Waals surface area (Å²) in [5.41, 5.74) is 0.589. The smallest absolute Gasteiger partial charge is 0.416 e. The highest BCUT2D eigenvalue weighted by atomic mass is 79.9. The van der Waals surface area contributed by atoms with Crippen molar-refractivity contribution in [1.82, 2.24) is 0 Å². The first-order valence-corrected chi connectivity index (χ1v) is 10.8. The van der Waals surface area contributed by atoms with Gasteiger partial charge in [0.25, 0.3) is 0 Å². The number of esters is 1. The van der Waals surface area contributed by atoms with Crippen LogP contribution in [0.3, 0.4) is 0 Å². The molecule has 0 radical (unpaired) electrons. The molecule has 0 saturated carbocycles. The zero-order valence-electron chi connectivity index (χ0n) is 18.0. The number of benzene rings is 2. The van der Waals surface area contributed by atoms with E-state index in [2.05, 4.69) is 21.2 Å². The number of Topliss-reactive ketones (excluding diaryl/α,β-unsaturated/α-hetero) is 1. The van der Waals surface area contributed by atoms with Gasteiger partial charge >= 0.3 is 12.1 Å². The fourth-order valence-corrected chi connectivity index (χ4v) is 3.76. The maximum Gasteiger partial charge on any atom is 0.416 e. The molecule has 0 saturated heterocycles. The molecule has 0 bridgehead atoms. The Bertz CT molecular complexity index is 963. The molecular formula is C23H25BrF3NO4. The number of carbonyl (C=O) groups is 2. The van der Waals surface area contributed by atoms with Crippen LogP contribution in [0.1, 0.15) is 30.0 Å². The third kappa shape index (κ3) is 6.72. The van der Waals surface area contributed by atoms with E-state index in [0.29, 0.717) is 24.4 Å². The number of carbonyl (C=O) groups excluding carboxylic acids is 2. The molecule has 0 heterocycles. The molecule has 0 fully saturated rings. The Morgan fingerprint density at radius 1 is 1.09 bits per heavy atom. The van der Waals surface area contributed by atoms with Gasteiger partial charge in [0, 0.05) is 23.1 Å². The molecule has 32 heavy (non-hydrogen) atoms. The lowest BCUT2D eigenvalue weighted by Crippen LogP contribution is -2.28. The van der Waals surface area contributed by atoms with Gasteiger partial charge in [0.2, 0.25) is 0 Å². The number of halogens is 4. The SMILES string of the molecule is CCNc1ccc(C(F)(F)F)cc1CC(=O)C(CCc1cc(OC)ccc1Br)C(=O)OC. The van der Waals surface area contributed by atoms with Crippen LogP contribution in [-0.2, 0) is 33.3 Å². The summed E-state index contributed by atoms with van der Waals surface area (Å²) in [5, 5.41) is 2.96. The minimum Gasteiger partial charge on any atom is -0.497 e. The number of hydrogen-bond donors (Lipinski definition) is 1. The molecule has 0 amide bonds. The Labute approximate surface area is 193 Å². The zero-order valence-corrected chi connectivity index (χ0v) is 19.6. The van der Waals surface area contributed by atoms with Crippen LogP contribution in [0, 0.1) is 5.92 Å². The largest absolute Gasteiger partial charge is 0.497 e. The predicted molar refractivity (Wildman–Crippen MR) is 119 cm³/mol. The van der Waals surface area contributed by atoms with Crippen molar-refractivity contribution in [3.63, 3.8) is 0 Å². The number of anilines is 1. The average Bonchev–Trinajstić information content (AvgIpc) is 2.75. The van der Waals surface area contributed by atoms with Crippen LogP contribution in [0.25, 0.3) is 0 Å². The maximum atomic E-state index is 13.2. The van der Waals surface area contributed by atoms with Gasteiger partial charge in [0.05, 0.1) is 19.8 Å². The fraction of sp³-hybridized carbons (Fsp3) is 0.391. The lowest BCUT2D eigenvalue weighted by Gasteiger charge is -2.17. The van der Waals surface area contributed by atoms with E-state index in [9.17, 15) is 22.8 Å². The number of ether oxygens (including phenoxy) is 2. The molecule has 1 unspecified atom stereocenters. The van der Waals surface area contributed by atoms with Crippen molar-refractivity contribution in [2.24, 2.45) is 5.92 Å². The first-order chi connectivity index (χ1) is 15.1. The molecule has 2 rings (SSSR count). The van der Waals surface area contributed by atoms with Crippen LogP contribution < -0.4 is 10.1 Å². The molecule has 0 aliphatic carbocycles. The summed E-state index contributed by atoms with van der Waals surface area (Å²) in [7, 11) is 2.71. The van der Waals surface area contributed by atoms with Crippen LogP contribution in [0.15, 0.2) is 40.9 Å². The summed E-state index contributed by atoms with van der Waals surface area (Å²) < 4.78 is 50.3. The van der Waals surface area contributed by atoms with Gasteiger partial charge in [0.15, 0.2) is 5.78 Å². The van der Waals surface area contributed by atoms with E-state index in [-0.39, 0.29) is 18.4 Å². The predicted octanol–water partition coefficient (Wildman–Crippen LogP) is 5.44. The number of ketones is 1. The minimum atomic E-state index is -4.54. The summed E-state index contributed by atoms with van der Waals surface area (Å²) in [6.07, 6.45) is -4.35. The number of alkyl halides is 3. The van der Waals surface area contributed by atoms with Crippen LogP contribution >= 0.6 is 15.9 Å². The van der Waals surface area contributed by atoms with E-state index in [4.69, 9.17) is 9.47 Å². The Balaban J connectivity index is 2.27. The Kier molecular flexibility index (Phi) is 9.12. The van der Waals surface area contributed by atoms with Crippen molar-refractivity contribution in [2.75, 3.05) is 26.1 Å². The van der Waals surface area contributed by atoms with Crippen LogP contribution in [0.5, 0.6) is 5.75 Å². The van der Waals surface area contributed by atoms with Crippen LogP contribution in [-0.4, -0.2) is 32.5 Å². The topological polar surface area (TPSA) is 64.6 Å². The van der Waals surface area contributed by atoms with Gasteiger partial charge < -0.3 is 14.8 Å². The average molecular weight is 516 g/mol. The van der Waals surface area contributed by atoms with Gasteiger partial charge in [-0.1, -0.05) is 15.9 Å². The second kappa shape index (κ2) is 11.4. The maximum absolute atomic E-state index is 13.2. The van der Waals surface area contributed by atoms with Gasteiger partial charge in [-0.2, -0.15) is 13.2 Å². The van der Waals surface area contributed by atoms with Crippen LogP contribution in [0.4, 0.5) is 18.9 Å². The van der Waals surface area contributed by atoms with Crippen molar-refractivity contribution in [2.45, 2.75) is 32.4 Å². The van der Waals surface area contributed by atoms with Crippen molar-refractivity contribution < 1.29 is 32.2 Å². The highest BCUT2D eigenvalue weighted by molar-refractivity contribution is 9.10. The van der Waals surface area contributed by atoms with E-state index >= 15 is 0 Å². The van der Waals surface area contributed by atoms with Crippen LogP contribution in [0.2, 0.25) is 0 Å². The molecule has 2 aromatic carbocycles. The molecular weight excluding hydrogens is 491 g/mol.